The molecule has 0 saturated heterocycles. The molecule has 0 heterocycles. The smallest absolute Gasteiger partial charge is 0.338 e. The van der Waals surface area contributed by atoms with Crippen LogP contribution in [0.2, 0.25) is 0 Å². The first kappa shape index (κ1) is 21.2. The van der Waals surface area contributed by atoms with Gasteiger partial charge in [-0.25, -0.2) is 4.79 Å². The number of anilines is 2. The summed E-state index contributed by atoms with van der Waals surface area (Å²) in [5, 5.41) is 2.66. The molecule has 0 bridgehead atoms. The summed E-state index contributed by atoms with van der Waals surface area (Å²) in [6, 6.07) is 13.7. The fraction of sp³-hybridized carbons (Fsp3) is 0.318. The van der Waals surface area contributed by atoms with Crippen molar-refractivity contribution in [1.82, 2.24) is 0 Å². The number of rotatable bonds is 8. The Kier molecular flexibility index (Phi) is 7.32. The Morgan fingerprint density at radius 1 is 1.00 bits per heavy atom. The SMILES string of the molecule is CCN(CC)c1ccc(C(=O)OC(C)C(=O)Nc2cccc(C(C)=O)c2)cc1. The molecule has 1 unspecified atom stereocenters. The van der Waals surface area contributed by atoms with E-state index in [0.29, 0.717) is 16.8 Å². The third kappa shape index (κ3) is 5.42. The van der Waals surface area contributed by atoms with Crippen LogP contribution in [0.15, 0.2) is 48.5 Å². The molecule has 0 aliphatic heterocycles. The Balaban J connectivity index is 1.98. The largest absolute Gasteiger partial charge is 0.449 e. The Morgan fingerprint density at radius 3 is 2.21 bits per heavy atom. The molecule has 1 N–H and O–H groups in total. The molecular weight excluding hydrogens is 356 g/mol. The van der Waals surface area contributed by atoms with Gasteiger partial charge in [-0.2, -0.15) is 0 Å². The quantitative estimate of drug-likeness (QED) is 0.553. The molecule has 0 aliphatic rings. The summed E-state index contributed by atoms with van der Waals surface area (Å²) in [5.74, 6) is -1.12. The van der Waals surface area contributed by atoms with E-state index in [9.17, 15) is 14.4 Å². The van der Waals surface area contributed by atoms with Crippen molar-refractivity contribution in [3.8, 4) is 0 Å². The molecule has 28 heavy (non-hydrogen) atoms. The van der Waals surface area contributed by atoms with Crippen molar-refractivity contribution in [3.63, 3.8) is 0 Å². The summed E-state index contributed by atoms with van der Waals surface area (Å²) >= 11 is 0. The van der Waals surface area contributed by atoms with E-state index in [2.05, 4.69) is 24.1 Å². The number of amides is 1. The second kappa shape index (κ2) is 9.69. The van der Waals surface area contributed by atoms with Crippen LogP contribution in [0.25, 0.3) is 0 Å². The molecule has 2 aromatic carbocycles. The van der Waals surface area contributed by atoms with Crippen molar-refractivity contribution in [2.75, 3.05) is 23.3 Å². The lowest BCUT2D eigenvalue weighted by molar-refractivity contribution is -0.123. The van der Waals surface area contributed by atoms with Gasteiger partial charge in [0.1, 0.15) is 0 Å². The van der Waals surface area contributed by atoms with Gasteiger partial charge in [0, 0.05) is 30.0 Å². The van der Waals surface area contributed by atoms with Gasteiger partial charge in [-0.05, 0) is 64.1 Å². The molecule has 6 heteroatoms. The van der Waals surface area contributed by atoms with E-state index >= 15 is 0 Å². The third-order valence-corrected chi connectivity index (χ3v) is 4.42. The molecule has 2 aromatic rings. The Bertz CT molecular complexity index is 842. The first-order valence-electron chi connectivity index (χ1n) is 9.33. The molecule has 0 aromatic heterocycles. The van der Waals surface area contributed by atoms with Crippen molar-refractivity contribution in [1.29, 1.82) is 0 Å². The normalized spacial score (nSPS) is 11.4. The topological polar surface area (TPSA) is 75.7 Å². The van der Waals surface area contributed by atoms with Crippen molar-refractivity contribution in [2.45, 2.75) is 33.8 Å². The minimum absolute atomic E-state index is 0.0938. The molecule has 6 nitrogen and oxygen atoms in total. The van der Waals surface area contributed by atoms with Gasteiger partial charge in [-0.1, -0.05) is 12.1 Å². The summed E-state index contributed by atoms with van der Waals surface area (Å²) < 4.78 is 5.27. The highest BCUT2D eigenvalue weighted by Crippen LogP contribution is 2.16. The van der Waals surface area contributed by atoms with Gasteiger partial charge < -0.3 is 15.0 Å². The summed E-state index contributed by atoms with van der Waals surface area (Å²) in [4.78, 5) is 38.2. The van der Waals surface area contributed by atoms with Gasteiger partial charge >= 0.3 is 5.97 Å². The van der Waals surface area contributed by atoms with Crippen molar-refractivity contribution < 1.29 is 19.1 Å². The van der Waals surface area contributed by atoms with Crippen molar-refractivity contribution in [3.05, 3.63) is 59.7 Å². The van der Waals surface area contributed by atoms with E-state index in [4.69, 9.17) is 4.74 Å². The minimum Gasteiger partial charge on any atom is -0.449 e. The average molecular weight is 382 g/mol. The van der Waals surface area contributed by atoms with Crippen LogP contribution in [0.4, 0.5) is 11.4 Å². The predicted molar refractivity (Wildman–Crippen MR) is 110 cm³/mol. The number of nitrogens with zero attached hydrogens (tertiary/aromatic N) is 1. The molecule has 0 fully saturated rings. The van der Waals surface area contributed by atoms with Gasteiger partial charge in [0.25, 0.3) is 5.91 Å². The van der Waals surface area contributed by atoms with Crippen molar-refractivity contribution in [2.24, 2.45) is 0 Å². The lowest BCUT2D eigenvalue weighted by atomic mass is 10.1. The zero-order valence-corrected chi connectivity index (χ0v) is 16.7. The number of Topliss-reactive ketones (excluding diaryl/α,β-unsaturated/α-hetero) is 1. The van der Waals surface area contributed by atoms with Crippen LogP contribution in [0, 0.1) is 0 Å². The molecule has 1 amide bonds. The predicted octanol–water partition coefficient (Wildman–Crippen LogP) is 3.92. The molecule has 148 valence electrons. The minimum atomic E-state index is -0.976. The van der Waals surface area contributed by atoms with Crippen LogP contribution in [0.1, 0.15) is 48.4 Å². The third-order valence-electron chi connectivity index (χ3n) is 4.42. The van der Waals surface area contributed by atoms with Crippen LogP contribution in [0.3, 0.4) is 0 Å². The lowest BCUT2D eigenvalue weighted by Crippen LogP contribution is -2.30. The Morgan fingerprint density at radius 2 is 1.64 bits per heavy atom. The number of carbonyl (C=O) groups excluding carboxylic acids is 3. The van der Waals surface area contributed by atoms with Gasteiger partial charge in [0.05, 0.1) is 5.56 Å². The van der Waals surface area contributed by atoms with Crippen LogP contribution < -0.4 is 10.2 Å². The molecule has 0 aliphatic carbocycles. The highest BCUT2D eigenvalue weighted by molar-refractivity contribution is 5.99. The number of ketones is 1. The lowest BCUT2D eigenvalue weighted by Gasteiger charge is -2.21. The molecule has 2 rings (SSSR count). The number of esters is 1. The highest BCUT2D eigenvalue weighted by atomic mass is 16.5. The maximum Gasteiger partial charge on any atom is 0.338 e. The van der Waals surface area contributed by atoms with Crippen LogP contribution in [-0.2, 0) is 9.53 Å². The van der Waals surface area contributed by atoms with E-state index in [-0.39, 0.29) is 5.78 Å². The van der Waals surface area contributed by atoms with Gasteiger partial charge in [0.2, 0.25) is 0 Å². The number of ether oxygens (including phenoxy) is 1. The number of carbonyl (C=O) groups is 3. The molecule has 0 radical (unpaired) electrons. The second-order valence-electron chi connectivity index (χ2n) is 6.39. The van der Waals surface area contributed by atoms with E-state index in [1.54, 1.807) is 36.4 Å². The van der Waals surface area contributed by atoms with E-state index in [1.165, 1.54) is 13.8 Å². The van der Waals surface area contributed by atoms with Crippen LogP contribution in [-0.4, -0.2) is 36.9 Å². The maximum atomic E-state index is 12.3. The fourth-order valence-corrected chi connectivity index (χ4v) is 2.74. The second-order valence-corrected chi connectivity index (χ2v) is 6.39. The summed E-state index contributed by atoms with van der Waals surface area (Å²) in [5.41, 5.74) is 2.38. The molecule has 0 spiro atoms. The average Bonchev–Trinajstić information content (AvgIpc) is 2.69. The summed E-state index contributed by atoms with van der Waals surface area (Å²) in [7, 11) is 0. The van der Waals surface area contributed by atoms with Gasteiger partial charge in [-0.3, -0.25) is 9.59 Å². The van der Waals surface area contributed by atoms with Crippen LogP contribution in [0.5, 0.6) is 0 Å². The Labute approximate surface area is 165 Å². The fourth-order valence-electron chi connectivity index (χ4n) is 2.74. The standard InChI is InChI=1S/C22H26N2O4/c1-5-24(6-2)20-12-10-17(11-13-20)22(27)28-16(4)21(26)23-19-9-7-8-18(14-19)15(3)25/h7-14,16H,5-6H2,1-4H3,(H,23,26). The van der Waals surface area contributed by atoms with Gasteiger partial charge in [-0.15, -0.1) is 0 Å². The maximum absolute atomic E-state index is 12.3. The molecular formula is C22H26N2O4. The summed E-state index contributed by atoms with van der Waals surface area (Å²) in [6.07, 6.45) is -0.976. The number of hydrogen-bond acceptors (Lipinski definition) is 5. The molecule has 1 atom stereocenters. The highest BCUT2D eigenvalue weighted by Gasteiger charge is 2.19. The van der Waals surface area contributed by atoms with Crippen LogP contribution >= 0.6 is 0 Å². The van der Waals surface area contributed by atoms with E-state index in [0.717, 1.165) is 18.8 Å². The number of benzene rings is 2. The Hall–Kier alpha value is -3.15. The first-order valence-corrected chi connectivity index (χ1v) is 9.33. The zero-order valence-electron chi connectivity index (χ0n) is 16.7. The van der Waals surface area contributed by atoms with Gasteiger partial charge in [0.15, 0.2) is 11.9 Å². The zero-order chi connectivity index (χ0) is 20.7. The monoisotopic (exact) mass is 382 g/mol. The van der Waals surface area contributed by atoms with E-state index in [1.807, 2.05) is 12.1 Å². The summed E-state index contributed by atoms with van der Waals surface area (Å²) in [6.45, 7) is 8.85. The van der Waals surface area contributed by atoms with E-state index < -0.39 is 18.0 Å². The number of nitrogens with one attached hydrogen (secondary N) is 1. The molecule has 0 saturated carbocycles. The first-order chi connectivity index (χ1) is 13.3. The number of hydrogen-bond donors (Lipinski definition) is 1. The van der Waals surface area contributed by atoms with Crippen molar-refractivity contribution >= 4 is 29.0 Å².